The molecule has 0 amide bonds. The van der Waals surface area contributed by atoms with Crippen LogP contribution in [0.1, 0.15) is 5.69 Å². The molecule has 0 bridgehead atoms. The van der Waals surface area contributed by atoms with E-state index in [0.29, 0.717) is 18.3 Å². The number of aromatic nitrogens is 1. The minimum absolute atomic E-state index is 0.0715. The van der Waals surface area contributed by atoms with Gasteiger partial charge in [-0.25, -0.2) is 8.42 Å². The summed E-state index contributed by atoms with van der Waals surface area (Å²) in [7, 11) is -1.25. The van der Waals surface area contributed by atoms with Crippen LogP contribution in [0, 0.1) is 0 Å². The van der Waals surface area contributed by atoms with Gasteiger partial charge in [-0.3, -0.25) is 0 Å². The molecule has 0 unspecified atom stereocenters. The largest absolute Gasteiger partial charge is 0.432 e. The zero-order chi connectivity index (χ0) is 11.5. The quantitative estimate of drug-likeness (QED) is 0.729. The van der Waals surface area contributed by atoms with E-state index in [9.17, 15) is 8.42 Å². The van der Waals surface area contributed by atoms with Gasteiger partial charge in [0.05, 0.1) is 17.3 Å². The lowest BCUT2D eigenvalue weighted by Crippen LogP contribution is -2.25. The highest BCUT2D eigenvalue weighted by atomic mass is 35.5. The van der Waals surface area contributed by atoms with Crippen LogP contribution in [-0.2, 0) is 15.7 Å². The van der Waals surface area contributed by atoms with Gasteiger partial charge in [0.1, 0.15) is 16.1 Å². The van der Waals surface area contributed by atoms with Gasteiger partial charge in [-0.05, 0) is 0 Å². The van der Waals surface area contributed by atoms with Gasteiger partial charge >= 0.3 is 0 Å². The maximum absolute atomic E-state index is 10.9. The highest BCUT2D eigenvalue weighted by Gasteiger charge is 2.11. The summed E-state index contributed by atoms with van der Waals surface area (Å²) in [6, 6.07) is 0.384. The molecule has 0 saturated heterocycles. The molecular formula is C8H13ClN2O3S. The molecular weight excluding hydrogens is 240 g/mol. The van der Waals surface area contributed by atoms with Crippen LogP contribution >= 0.6 is 11.6 Å². The van der Waals surface area contributed by atoms with Crippen molar-refractivity contribution in [3.63, 3.8) is 0 Å². The van der Waals surface area contributed by atoms with Crippen LogP contribution in [0.3, 0.4) is 0 Å². The van der Waals surface area contributed by atoms with Crippen LogP contribution in [-0.4, -0.2) is 39.0 Å². The number of oxazole rings is 1. The molecule has 1 aromatic heterocycles. The smallest absolute Gasteiger partial charge is 0.297 e. The Morgan fingerprint density at radius 3 is 2.73 bits per heavy atom. The Bertz CT molecular complexity index is 415. The first-order valence-corrected chi connectivity index (χ1v) is 6.91. The Balaban J connectivity index is 2.57. The van der Waals surface area contributed by atoms with Gasteiger partial charge in [-0.15, -0.1) is 11.6 Å². The summed E-state index contributed by atoms with van der Waals surface area (Å²) in [5.41, 5.74) is 0.637. The zero-order valence-electron chi connectivity index (χ0n) is 8.60. The van der Waals surface area contributed by atoms with Crippen molar-refractivity contribution in [1.82, 2.24) is 4.98 Å². The number of rotatable bonds is 5. The summed E-state index contributed by atoms with van der Waals surface area (Å²) < 4.78 is 27.0. The lowest BCUT2D eigenvalue weighted by Gasteiger charge is -2.12. The average molecular weight is 253 g/mol. The molecule has 0 atom stereocenters. The zero-order valence-corrected chi connectivity index (χ0v) is 10.2. The summed E-state index contributed by atoms with van der Waals surface area (Å²) >= 11 is 5.56. The van der Waals surface area contributed by atoms with E-state index in [2.05, 4.69) is 4.98 Å². The topological polar surface area (TPSA) is 63.4 Å². The van der Waals surface area contributed by atoms with Gasteiger partial charge < -0.3 is 9.32 Å². The third kappa shape index (κ3) is 4.09. The van der Waals surface area contributed by atoms with Crippen LogP contribution in [0.15, 0.2) is 10.7 Å². The third-order valence-corrected chi connectivity index (χ3v) is 3.00. The molecule has 5 nitrogen and oxygen atoms in total. The fraction of sp³-hybridized carbons (Fsp3) is 0.625. The summed E-state index contributed by atoms with van der Waals surface area (Å²) in [5.74, 6) is 0.353. The molecule has 0 spiro atoms. The van der Waals surface area contributed by atoms with Gasteiger partial charge in [-0.1, -0.05) is 0 Å². The molecule has 0 radical (unpaired) electrons. The Morgan fingerprint density at radius 1 is 1.60 bits per heavy atom. The van der Waals surface area contributed by atoms with E-state index >= 15 is 0 Å². The first-order valence-electron chi connectivity index (χ1n) is 4.31. The van der Waals surface area contributed by atoms with E-state index in [-0.39, 0.29) is 11.6 Å². The van der Waals surface area contributed by atoms with Crippen molar-refractivity contribution in [3.8, 4) is 0 Å². The number of hydrogen-bond donors (Lipinski definition) is 0. The number of alkyl halides is 1. The van der Waals surface area contributed by atoms with E-state index in [4.69, 9.17) is 16.0 Å². The Hall–Kier alpha value is -0.750. The van der Waals surface area contributed by atoms with Crippen molar-refractivity contribution in [1.29, 1.82) is 0 Å². The van der Waals surface area contributed by atoms with Crippen molar-refractivity contribution < 1.29 is 12.8 Å². The van der Waals surface area contributed by atoms with E-state index in [0.717, 1.165) is 0 Å². The maximum Gasteiger partial charge on any atom is 0.297 e. The first-order chi connectivity index (χ1) is 6.92. The van der Waals surface area contributed by atoms with Crippen molar-refractivity contribution in [2.75, 3.05) is 30.5 Å². The van der Waals surface area contributed by atoms with Gasteiger partial charge in [0.15, 0.2) is 0 Å². The molecule has 0 saturated carbocycles. The third-order valence-electron chi connectivity index (χ3n) is 1.80. The van der Waals surface area contributed by atoms with Crippen molar-refractivity contribution in [2.24, 2.45) is 0 Å². The second-order valence-electron chi connectivity index (χ2n) is 3.31. The van der Waals surface area contributed by atoms with E-state index < -0.39 is 9.84 Å². The molecule has 0 N–H and O–H groups in total. The molecule has 0 aliphatic carbocycles. The molecule has 1 heterocycles. The number of anilines is 1. The number of nitrogens with zero attached hydrogens (tertiary/aromatic N) is 2. The van der Waals surface area contributed by atoms with Crippen LogP contribution < -0.4 is 4.90 Å². The van der Waals surface area contributed by atoms with Gasteiger partial charge in [0.25, 0.3) is 6.01 Å². The lowest BCUT2D eigenvalue weighted by atomic mass is 10.6. The summed E-state index contributed by atoms with van der Waals surface area (Å²) in [5, 5.41) is 0. The SMILES string of the molecule is CN(CCS(C)(=O)=O)c1nc(CCl)co1. The average Bonchev–Trinajstić information content (AvgIpc) is 2.61. The predicted octanol–water partition coefficient (Wildman–Crippen LogP) is 0.894. The molecule has 15 heavy (non-hydrogen) atoms. The van der Waals surface area contributed by atoms with E-state index in [1.807, 2.05) is 0 Å². The molecule has 0 aliphatic heterocycles. The van der Waals surface area contributed by atoms with Crippen LogP contribution in [0.4, 0.5) is 6.01 Å². The van der Waals surface area contributed by atoms with Gasteiger partial charge in [-0.2, -0.15) is 4.98 Å². The fourth-order valence-electron chi connectivity index (χ4n) is 0.931. The summed E-state index contributed by atoms with van der Waals surface area (Å²) in [4.78, 5) is 5.70. The lowest BCUT2D eigenvalue weighted by molar-refractivity contribution is 0.547. The summed E-state index contributed by atoms with van der Waals surface area (Å²) in [6.45, 7) is 0.348. The minimum Gasteiger partial charge on any atom is -0.432 e. The molecule has 1 rings (SSSR count). The van der Waals surface area contributed by atoms with E-state index in [1.165, 1.54) is 12.5 Å². The molecule has 86 valence electrons. The Morgan fingerprint density at radius 2 is 2.27 bits per heavy atom. The fourth-order valence-corrected chi connectivity index (χ4v) is 1.66. The second kappa shape index (κ2) is 4.85. The maximum atomic E-state index is 10.9. The van der Waals surface area contributed by atoms with Crippen molar-refractivity contribution in [3.05, 3.63) is 12.0 Å². The molecule has 7 heteroatoms. The molecule has 0 fully saturated rings. The van der Waals surface area contributed by atoms with Gasteiger partial charge in [0, 0.05) is 19.8 Å². The second-order valence-corrected chi connectivity index (χ2v) is 5.83. The standard InChI is InChI=1S/C8H13ClN2O3S/c1-11(3-4-15(2,12)13)8-10-7(5-9)6-14-8/h6H,3-5H2,1-2H3. The highest BCUT2D eigenvalue weighted by Crippen LogP contribution is 2.13. The van der Waals surface area contributed by atoms with Crippen LogP contribution in [0.2, 0.25) is 0 Å². The van der Waals surface area contributed by atoms with Gasteiger partial charge in [0.2, 0.25) is 0 Å². The van der Waals surface area contributed by atoms with E-state index in [1.54, 1.807) is 11.9 Å². The normalized spacial score (nSPS) is 11.7. The number of hydrogen-bond acceptors (Lipinski definition) is 5. The Kier molecular flexibility index (Phi) is 3.98. The number of sulfone groups is 1. The van der Waals surface area contributed by atoms with Crippen molar-refractivity contribution in [2.45, 2.75) is 5.88 Å². The Labute approximate surface area is 94.0 Å². The summed E-state index contributed by atoms with van der Waals surface area (Å²) in [6.07, 6.45) is 2.65. The number of halogens is 1. The predicted molar refractivity (Wildman–Crippen MR) is 59.0 cm³/mol. The molecule has 0 aromatic carbocycles. The minimum atomic E-state index is -2.96. The monoisotopic (exact) mass is 252 g/mol. The molecule has 1 aromatic rings. The van der Waals surface area contributed by atoms with Crippen LogP contribution in [0.25, 0.3) is 0 Å². The van der Waals surface area contributed by atoms with Crippen molar-refractivity contribution >= 4 is 27.5 Å². The highest BCUT2D eigenvalue weighted by molar-refractivity contribution is 7.90. The van der Waals surface area contributed by atoms with Crippen LogP contribution in [0.5, 0.6) is 0 Å². The molecule has 0 aliphatic rings. The first kappa shape index (κ1) is 12.3.